The van der Waals surface area contributed by atoms with Crippen molar-refractivity contribution in [2.45, 2.75) is 51.9 Å². The highest BCUT2D eigenvalue weighted by molar-refractivity contribution is 4.90. The van der Waals surface area contributed by atoms with Gasteiger partial charge in [-0.3, -0.25) is 0 Å². The third-order valence-electron chi connectivity index (χ3n) is 2.53. The highest BCUT2D eigenvalue weighted by Gasteiger charge is 2.10. The predicted molar refractivity (Wildman–Crippen MR) is 50.6 cm³/mol. The van der Waals surface area contributed by atoms with Crippen LogP contribution in [0.15, 0.2) is 12.2 Å². The van der Waals surface area contributed by atoms with E-state index < -0.39 is 0 Å². The molecule has 0 aromatic rings. The first-order chi connectivity index (χ1) is 5.43. The minimum absolute atomic E-state index is 0.937. The normalized spacial score (nSPS) is 20.1. The number of allylic oxidation sites excluding steroid dienone is 2. The van der Waals surface area contributed by atoms with E-state index in [2.05, 4.69) is 19.1 Å². The zero-order valence-electron chi connectivity index (χ0n) is 7.68. The monoisotopic (exact) mass is 152 g/mol. The Balaban J connectivity index is 2.03. The molecule has 0 nitrogen and oxygen atoms in total. The summed E-state index contributed by atoms with van der Waals surface area (Å²) >= 11 is 0. The van der Waals surface area contributed by atoms with E-state index in [9.17, 15) is 0 Å². The molecule has 1 aliphatic rings. The van der Waals surface area contributed by atoms with Crippen molar-refractivity contribution in [2.75, 3.05) is 0 Å². The first kappa shape index (κ1) is 8.83. The summed E-state index contributed by atoms with van der Waals surface area (Å²) in [7, 11) is 0. The van der Waals surface area contributed by atoms with Gasteiger partial charge < -0.3 is 0 Å². The van der Waals surface area contributed by atoms with E-state index in [1.54, 1.807) is 0 Å². The summed E-state index contributed by atoms with van der Waals surface area (Å²) in [6.07, 6.45) is 14.6. The van der Waals surface area contributed by atoms with Crippen LogP contribution in [0.5, 0.6) is 0 Å². The standard InChI is InChI=1S/C11H20/c1-2-3-4-5-8-11-9-6-7-10-11/h5,8,11H,2-4,6-7,9-10H2,1H3/b8-5-. The van der Waals surface area contributed by atoms with Crippen LogP contribution in [0, 0.1) is 5.92 Å². The Labute approximate surface area is 70.7 Å². The van der Waals surface area contributed by atoms with Crippen LogP contribution in [0.3, 0.4) is 0 Å². The molecular formula is C11H20. The average Bonchev–Trinajstić information content (AvgIpc) is 2.50. The predicted octanol–water partition coefficient (Wildman–Crippen LogP) is 3.92. The lowest BCUT2D eigenvalue weighted by atomic mass is 10.1. The van der Waals surface area contributed by atoms with E-state index in [-0.39, 0.29) is 0 Å². The molecule has 1 fully saturated rings. The van der Waals surface area contributed by atoms with Gasteiger partial charge in [-0.15, -0.1) is 0 Å². The van der Waals surface area contributed by atoms with Crippen LogP contribution >= 0.6 is 0 Å². The largest absolute Gasteiger partial charge is 0.0883 e. The van der Waals surface area contributed by atoms with Crippen LogP contribution < -0.4 is 0 Å². The third kappa shape index (κ3) is 3.60. The highest BCUT2D eigenvalue weighted by Crippen LogP contribution is 2.25. The Morgan fingerprint density at radius 1 is 1.27 bits per heavy atom. The van der Waals surface area contributed by atoms with Crippen LogP contribution in [0.25, 0.3) is 0 Å². The maximum Gasteiger partial charge on any atom is -0.0234 e. The molecule has 1 saturated carbocycles. The number of hydrogen-bond donors (Lipinski definition) is 0. The van der Waals surface area contributed by atoms with Crippen LogP contribution in [0.4, 0.5) is 0 Å². The van der Waals surface area contributed by atoms with Gasteiger partial charge in [-0.25, -0.2) is 0 Å². The summed E-state index contributed by atoms with van der Waals surface area (Å²) in [6, 6.07) is 0. The molecule has 0 radical (unpaired) electrons. The van der Waals surface area contributed by atoms with Gasteiger partial charge in [-0.05, 0) is 25.2 Å². The maximum atomic E-state index is 2.45. The molecule has 1 rings (SSSR count). The molecule has 64 valence electrons. The summed E-state index contributed by atoms with van der Waals surface area (Å²) < 4.78 is 0. The smallest absolute Gasteiger partial charge is 0.0234 e. The van der Waals surface area contributed by atoms with E-state index in [1.165, 1.54) is 44.9 Å². The first-order valence-electron chi connectivity index (χ1n) is 5.10. The van der Waals surface area contributed by atoms with E-state index >= 15 is 0 Å². The topological polar surface area (TPSA) is 0 Å². The molecule has 0 bridgehead atoms. The molecule has 0 unspecified atom stereocenters. The fraction of sp³-hybridized carbons (Fsp3) is 0.818. The molecule has 0 spiro atoms. The van der Waals surface area contributed by atoms with Crippen molar-refractivity contribution in [3.05, 3.63) is 12.2 Å². The second-order valence-corrected chi connectivity index (χ2v) is 3.61. The van der Waals surface area contributed by atoms with E-state index in [0.717, 1.165) is 5.92 Å². The number of hydrogen-bond acceptors (Lipinski definition) is 0. The van der Waals surface area contributed by atoms with Crippen LogP contribution in [-0.4, -0.2) is 0 Å². The quantitative estimate of drug-likeness (QED) is 0.423. The minimum atomic E-state index is 0.937. The molecule has 0 aromatic heterocycles. The molecule has 1 aliphatic carbocycles. The van der Waals surface area contributed by atoms with Crippen molar-refractivity contribution in [3.63, 3.8) is 0 Å². The Morgan fingerprint density at radius 3 is 2.64 bits per heavy atom. The molecule has 0 saturated heterocycles. The van der Waals surface area contributed by atoms with Gasteiger partial charge in [0.05, 0.1) is 0 Å². The van der Waals surface area contributed by atoms with Gasteiger partial charge in [-0.2, -0.15) is 0 Å². The summed E-state index contributed by atoms with van der Waals surface area (Å²) in [4.78, 5) is 0. The SMILES string of the molecule is CCCC/C=C\C1CCCC1. The molecule has 0 aliphatic heterocycles. The molecule has 0 N–H and O–H groups in total. The van der Waals surface area contributed by atoms with E-state index in [0.29, 0.717) is 0 Å². The first-order valence-corrected chi connectivity index (χ1v) is 5.10. The number of unbranched alkanes of at least 4 members (excludes halogenated alkanes) is 2. The lowest BCUT2D eigenvalue weighted by Gasteiger charge is -1.98. The van der Waals surface area contributed by atoms with Crippen molar-refractivity contribution in [1.29, 1.82) is 0 Å². The van der Waals surface area contributed by atoms with Crippen LogP contribution in [-0.2, 0) is 0 Å². The summed E-state index contributed by atoms with van der Waals surface area (Å²) in [5, 5.41) is 0. The molecule has 11 heavy (non-hydrogen) atoms. The van der Waals surface area contributed by atoms with Gasteiger partial charge in [0.25, 0.3) is 0 Å². The second-order valence-electron chi connectivity index (χ2n) is 3.61. The van der Waals surface area contributed by atoms with Crippen molar-refractivity contribution in [3.8, 4) is 0 Å². The molecular weight excluding hydrogens is 132 g/mol. The Bertz CT molecular complexity index is 107. The summed E-state index contributed by atoms with van der Waals surface area (Å²) in [6.45, 7) is 2.25. The third-order valence-corrected chi connectivity index (χ3v) is 2.53. The van der Waals surface area contributed by atoms with Gasteiger partial charge in [0, 0.05) is 0 Å². The summed E-state index contributed by atoms with van der Waals surface area (Å²) in [5.74, 6) is 0.937. The minimum Gasteiger partial charge on any atom is -0.0883 e. The lowest BCUT2D eigenvalue weighted by molar-refractivity contribution is 0.679. The van der Waals surface area contributed by atoms with Crippen molar-refractivity contribution >= 4 is 0 Å². The van der Waals surface area contributed by atoms with Crippen LogP contribution in [0.2, 0.25) is 0 Å². The molecule has 0 atom stereocenters. The molecule has 0 heterocycles. The maximum absolute atomic E-state index is 2.45. The van der Waals surface area contributed by atoms with Gasteiger partial charge in [-0.1, -0.05) is 44.8 Å². The van der Waals surface area contributed by atoms with Crippen LogP contribution in [0.1, 0.15) is 51.9 Å². The Hall–Kier alpha value is -0.260. The zero-order chi connectivity index (χ0) is 7.94. The Morgan fingerprint density at radius 2 is 2.00 bits per heavy atom. The summed E-state index contributed by atoms with van der Waals surface area (Å²) in [5.41, 5.74) is 0. The zero-order valence-corrected chi connectivity index (χ0v) is 7.68. The fourth-order valence-corrected chi connectivity index (χ4v) is 1.76. The molecule has 0 aromatic carbocycles. The highest BCUT2D eigenvalue weighted by atomic mass is 14.2. The van der Waals surface area contributed by atoms with Crippen molar-refractivity contribution in [1.82, 2.24) is 0 Å². The van der Waals surface area contributed by atoms with E-state index in [1.807, 2.05) is 0 Å². The average molecular weight is 152 g/mol. The fourth-order valence-electron chi connectivity index (χ4n) is 1.76. The van der Waals surface area contributed by atoms with Gasteiger partial charge >= 0.3 is 0 Å². The van der Waals surface area contributed by atoms with Gasteiger partial charge in [0.2, 0.25) is 0 Å². The Kier molecular flexibility index (Phi) is 4.33. The molecule has 0 heteroatoms. The molecule has 0 amide bonds. The van der Waals surface area contributed by atoms with Gasteiger partial charge in [0.1, 0.15) is 0 Å². The van der Waals surface area contributed by atoms with E-state index in [4.69, 9.17) is 0 Å². The van der Waals surface area contributed by atoms with Crippen molar-refractivity contribution in [2.24, 2.45) is 5.92 Å². The second kappa shape index (κ2) is 5.40. The van der Waals surface area contributed by atoms with Crippen molar-refractivity contribution < 1.29 is 0 Å². The van der Waals surface area contributed by atoms with Gasteiger partial charge in [0.15, 0.2) is 0 Å². The lowest BCUT2D eigenvalue weighted by Crippen LogP contribution is -1.84. The number of rotatable bonds is 4.